The first kappa shape index (κ1) is 13.4. The van der Waals surface area contributed by atoms with Gasteiger partial charge in [0.05, 0.1) is 0 Å². The highest BCUT2D eigenvalue weighted by Crippen LogP contribution is 2.37. The first-order valence-electron chi connectivity index (χ1n) is 7.57. The second-order valence-corrected chi connectivity index (χ2v) is 6.35. The molecule has 0 bridgehead atoms. The van der Waals surface area contributed by atoms with E-state index in [0.717, 1.165) is 17.8 Å². The molecule has 0 atom stereocenters. The lowest BCUT2D eigenvalue weighted by atomic mass is 9.72. The van der Waals surface area contributed by atoms with Gasteiger partial charge in [0.1, 0.15) is 0 Å². The standard InChI is InChI=1S/C15H30N2/c1-4-15(13-5-9-16(2)10-6-13)14-7-11-17(3)12-8-14/h13-15H,4-12H2,1-3H3. The largest absolute Gasteiger partial charge is 0.306 e. The van der Waals surface area contributed by atoms with Gasteiger partial charge in [0.2, 0.25) is 0 Å². The van der Waals surface area contributed by atoms with Crippen LogP contribution in [0.15, 0.2) is 0 Å². The van der Waals surface area contributed by atoms with Crippen molar-refractivity contribution in [2.24, 2.45) is 17.8 Å². The van der Waals surface area contributed by atoms with Crippen LogP contribution in [-0.4, -0.2) is 50.1 Å². The summed E-state index contributed by atoms with van der Waals surface area (Å²) >= 11 is 0. The number of hydrogen-bond acceptors (Lipinski definition) is 2. The normalized spacial score (nSPS) is 26.8. The van der Waals surface area contributed by atoms with Gasteiger partial charge in [0.25, 0.3) is 0 Å². The summed E-state index contributed by atoms with van der Waals surface area (Å²) < 4.78 is 0. The molecule has 17 heavy (non-hydrogen) atoms. The topological polar surface area (TPSA) is 6.48 Å². The van der Waals surface area contributed by atoms with Crippen LogP contribution in [0.2, 0.25) is 0 Å². The summed E-state index contributed by atoms with van der Waals surface area (Å²) in [6.07, 6.45) is 7.19. The van der Waals surface area contributed by atoms with Crippen molar-refractivity contribution >= 4 is 0 Å². The maximum Gasteiger partial charge on any atom is -0.00190 e. The molecule has 0 aliphatic carbocycles. The van der Waals surface area contributed by atoms with Crippen molar-refractivity contribution in [3.63, 3.8) is 0 Å². The van der Waals surface area contributed by atoms with Crippen LogP contribution in [0.25, 0.3) is 0 Å². The SMILES string of the molecule is CCC(C1CCN(C)CC1)C1CCN(C)CC1. The monoisotopic (exact) mass is 238 g/mol. The molecule has 2 aliphatic heterocycles. The van der Waals surface area contributed by atoms with Crippen LogP contribution >= 0.6 is 0 Å². The van der Waals surface area contributed by atoms with Gasteiger partial charge >= 0.3 is 0 Å². The van der Waals surface area contributed by atoms with Gasteiger partial charge in [0, 0.05) is 0 Å². The average Bonchev–Trinajstić information content (AvgIpc) is 2.35. The van der Waals surface area contributed by atoms with Crippen molar-refractivity contribution in [3.8, 4) is 0 Å². The predicted octanol–water partition coefficient (Wildman–Crippen LogP) is 2.70. The maximum atomic E-state index is 2.50. The molecular weight excluding hydrogens is 208 g/mol. The Balaban J connectivity index is 1.87. The molecule has 0 amide bonds. The number of nitrogens with zero attached hydrogens (tertiary/aromatic N) is 2. The van der Waals surface area contributed by atoms with Crippen LogP contribution in [0, 0.1) is 17.8 Å². The molecule has 0 aromatic rings. The Morgan fingerprint density at radius 2 is 1.18 bits per heavy atom. The van der Waals surface area contributed by atoms with Gasteiger partial charge in [-0.25, -0.2) is 0 Å². The predicted molar refractivity (Wildman–Crippen MR) is 74.2 cm³/mol. The fourth-order valence-electron chi connectivity index (χ4n) is 3.96. The first-order chi connectivity index (χ1) is 8.20. The molecule has 0 radical (unpaired) electrons. The van der Waals surface area contributed by atoms with Crippen LogP contribution in [0.4, 0.5) is 0 Å². The van der Waals surface area contributed by atoms with E-state index in [-0.39, 0.29) is 0 Å². The smallest absolute Gasteiger partial charge is 0.00190 e. The number of piperidine rings is 2. The van der Waals surface area contributed by atoms with Crippen molar-refractivity contribution in [1.29, 1.82) is 0 Å². The summed E-state index contributed by atoms with van der Waals surface area (Å²) in [6, 6.07) is 0. The molecule has 0 saturated carbocycles. The second kappa shape index (κ2) is 6.19. The Morgan fingerprint density at radius 1 is 0.824 bits per heavy atom. The van der Waals surface area contributed by atoms with Crippen molar-refractivity contribution in [2.45, 2.75) is 39.0 Å². The molecule has 2 heterocycles. The quantitative estimate of drug-likeness (QED) is 0.746. The van der Waals surface area contributed by atoms with Crippen LogP contribution in [0.5, 0.6) is 0 Å². The molecule has 0 aromatic carbocycles. The van der Waals surface area contributed by atoms with E-state index < -0.39 is 0 Å². The zero-order chi connectivity index (χ0) is 12.3. The third-order valence-corrected chi connectivity index (χ3v) is 5.21. The summed E-state index contributed by atoms with van der Waals surface area (Å²) in [5.74, 6) is 3.05. The summed E-state index contributed by atoms with van der Waals surface area (Å²) in [5.41, 5.74) is 0. The molecule has 0 unspecified atom stereocenters. The molecule has 2 rings (SSSR count). The van der Waals surface area contributed by atoms with Crippen LogP contribution in [-0.2, 0) is 0 Å². The van der Waals surface area contributed by atoms with Gasteiger partial charge in [-0.2, -0.15) is 0 Å². The van der Waals surface area contributed by atoms with Gasteiger partial charge in [-0.1, -0.05) is 13.3 Å². The highest BCUT2D eigenvalue weighted by atomic mass is 15.1. The van der Waals surface area contributed by atoms with Gasteiger partial charge in [-0.3, -0.25) is 0 Å². The molecule has 2 aliphatic rings. The fourth-order valence-corrected chi connectivity index (χ4v) is 3.96. The number of rotatable bonds is 3. The van der Waals surface area contributed by atoms with E-state index in [1.54, 1.807) is 0 Å². The Morgan fingerprint density at radius 3 is 1.47 bits per heavy atom. The first-order valence-corrected chi connectivity index (χ1v) is 7.57. The minimum atomic E-state index is 1.01. The number of hydrogen-bond donors (Lipinski definition) is 0. The van der Waals surface area contributed by atoms with Crippen molar-refractivity contribution in [2.75, 3.05) is 40.3 Å². The second-order valence-electron chi connectivity index (χ2n) is 6.35. The Bertz CT molecular complexity index is 191. The fraction of sp³-hybridized carbons (Fsp3) is 1.00. The lowest BCUT2D eigenvalue weighted by Gasteiger charge is -2.41. The van der Waals surface area contributed by atoms with E-state index in [9.17, 15) is 0 Å². The molecule has 2 fully saturated rings. The Kier molecular flexibility index (Phi) is 4.87. The molecule has 0 aromatic heterocycles. The Hall–Kier alpha value is -0.0800. The minimum absolute atomic E-state index is 1.01. The summed E-state index contributed by atoms with van der Waals surface area (Å²) in [4.78, 5) is 5.00. The third kappa shape index (κ3) is 3.45. The van der Waals surface area contributed by atoms with E-state index in [1.807, 2.05) is 0 Å². The average molecular weight is 238 g/mol. The zero-order valence-corrected chi connectivity index (χ0v) is 12.0. The maximum absolute atomic E-state index is 2.50. The molecule has 0 N–H and O–H groups in total. The van der Waals surface area contributed by atoms with E-state index in [1.165, 1.54) is 58.3 Å². The van der Waals surface area contributed by atoms with Crippen LogP contribution in [0.3, 0.4) is 0 Å². The van der Waals surface area contributed by atoms with Crippen LogP contribution < -0.4 is 0 Å². The zero-order valence-electron chi connectivity index (χ0n) is 12.0. The van der Waals surface area contributed by atoms with Gasteiger partial charge in [0.15, 0.2) is 0 Å². The lowest BCUT2D eigenvalue weighted by Crippen LogP contribution is -2.39. The lowest BCUT2D eigenvalue weighted by molar-refractivity contribution is 0.0901. The van der Waals surface area contributed by atoms with Crippen molar-refractivity contribution in [3.05, 3.63) is 0 Å². The van der Waals surface area contributed by atoms with Gasteiger partial charge in [-0.05, 0) is 83.7 Å². The summed E-state index contributed by atoms with van der Waals surface area (Å²) in [7, 11) is 4.54. The number of likely N-dealkylation sites (tertiary alicyclic amines) is 2. The highest BCUT2D eigenvalue weighted by molar-refractivity contribution is 4.83. The van der Waals surface area contributed by atoms with Crippen LogP contribution in [0.1, 0.15) is 39.0 Å². The van der Waals surface area contributed by atoms with E-state index in [4.69, 9.17) is 0 Å². The van der Waals surface area contributed by atoms with E-state index >= 15 is 0 Å². The molecule has 0 spiro atoms. The molecular formula is C15H30N2. The highest BCUT2D eigenvalue weighted by Gasteiger charge is 2.31. The Labute approximate surface area is 107 Å². The minimum Gasteiger partial charge on any atom is -0.306 e. The molecule has 2 nitrogen and oxygen atoms in total. The van der Waals surface area contributed by atoms with Crippen molar-refractivity contribution < 1.29 is 0 Å². The van der Waals surface area contributed by atoms with Gasteiger partial charge < -0.3 is 9.80 Å². The molecule has 2 saturated heterocycles. The summed E-state index contributed by atoms with van der Waals surface area (Å²) in [5, 5.41) is 0. The summed E-state index contributed by atoms with van der Waals surface area (Å²) in [6.45, 7) is 7.73. The van der Waals surface area contributed by atoms with E-state index in [2.05, 4.69) is 30.8 Å². The van der Waals surface area contributed by atoms with Crippen molar-refractivity contribution in [1.82, 2.24) is 9.80 Å². The van der Waals surface area contributed by atoms with E-state index in [0.29, 0.717) is 0 Å². The molecule has 100 valence electrons. The van der Waals surface area contributed by atoms with Gasteiger partial charge in [-0.15, -0.1) is 0 Å². The molecule has 2 heteroatoms. The third-order valence-electron chi connectivity index (χ3n) is 5.21.